The van der Waals surface area contributed by atoms with Gasteiger partial charge in [0.2, 0.25) is 5.91 Å². The molecule has 3 nitrogen and oxygen atoms in total. The van der Waals surface area contributed by atoms with Gasteiger partial charge in [-0.15, -0.1) is 0 Å². The van der Waals surface area contributed by atoms with Crippen molar-refractivity contribution in [2.24, 2.45) is 0 Å². The van der Waals surface area contributed by atoms with Crippen molar-refractivity contribution in [1.29, 1.82) is 0 Å². The molecule has 4 heteroatoms. The molecule has 3 rings (SSSR count). The lowest BCUT2D eigenvalue weighted by Gasteiger charge is -2.41. The van der Waals surface area contributed by atoms with Gasteiger partial charge in [-0.05, 0) is 49.6 Å². The maximum atomic E-state index is 12.9. The van der Waals surface area contributed by atoms with Crippen molar-refractivity contribution in [1.82, 2.24) is 10.3 Å². The molecule has 1 amide bonds. The fourth-order valence-corrected chi connectivity index (χ4v) is 3.32. The third-order valence-corrected chi connectivity index (χ3v) is 4.91. The highest BCUT2D eigenvalue weighted by Crippen LogP contribution is 2.44. The molecule has 1 atom stereocenters. The average molecular weight is 329 g/mol. The number of benzene rings is 1. The second-order valence-electron chi connectivity index (χ2n) is 6.34. The fraction of sp³-hybridized carbons (Fsp3) is 0.368. The van der Waals surface area contributed by atoms with Crippen LogP contribution in [0.5, 0.6) is 0 Å². The van der Waals surface area contributed by atoms with Crippen molar-refractivity contribution in [2.45, 2.75) is 44.1 Å². The van der Waals surface area contributed by atoms with Crippen LogP contribution in [0.15, 0.2) is 48.7 Å². The van der Waals surface area contributed by atoms with Gasteiger partial charge in [-0.25, -0.2) is 0 Å². The molecule has 1 N–H and O–H groups in total. The number of aromatic nitrogens is 1. The van der Waals surface area contributed by atoms with Crippen LogP contribution in [0.25, 0.3) is 0 Å². The molecule has 1 aromatic heterocycles. The average Bonchev–Trinajstić information content (AvgIpc) is 2.49. The third kappa shape index (κ3) is 3.40. The second kappa shape index (κ2) is 6.71. The molecule has 1 aromatic carbocycles. The Kier molecular flexibility index (Phi) is 4.67. The molecule has 23 heavy (non-hydrogen) atoms. The number of nitrogens with zero attached hydrogens (tertiary/aromatic N) is 1. The number of pyridine rings is 1. The Hall–Kier alpha value is -1.87. The number of nitrogens with one attached hydrogen (secondary N) is 1. The van der Waals surface area contributed by atoms with E-state index in [9.17, 15) is 4.79 Å². The highest BCUT2D eigenvalue weighted by atomic mass is 35.5. The van der Waals surface area contributed by atoms with Gasteiger partial charge in [0.05, 0.1) is 5.41 Å². The SMILES string of the molecule is C[C@@H](Cc1ccccn1)NC(=O)C1(c2ccc(Cl)cc2)CCC1. The predicted molar refractivity (Wildman–Crippen MR) is 92.5 cm³/mol. The van der Waals surface area contributed by atoms with Crippen LogP contribution in [0.2, 0.25) is 5.02 Å². The number of carbonyl (C=O) groups is 1. The van der Waals surface area contributed by atoms with Crippen LogP contribution >= 0.6 is 11.6 Å². The summed E-state index contributed by atoms with van der Waals surface area (Å²) in [5.74, 6) is 0.120. The van der Waals surface area contributed by atoms with E-state index >= 15 is 0 Å². The maximum Gasteiger partial charge on any atom is 0.230 e. The summed E-state index contributed by atoms with van der Waals surface area (Å²) in [6, 6.07) is 13.6. The molecule has 0 unspecified atom stereocenters. The molecule has 2 aromatic rings. The summed E-state index contributed by atoms with van der Waals surface area (Å²) in [6.07, 6.45) is 5.41. The summed E-state index contributed by atoms with van der Waals surface area (Å²) in [5, 5.41) is 3.87. The Morgan fingerprint density at radius 1 is 1.26 bits per heavy atom. The van der Waals surface area contributed by atoms with E-state index in [2.05, 4.69) is 10.3 Å². The summed E-state index contributed by atoms with van der Waals surface area (Å²) in [5.41, 5.74) is 1.67. The molecule has 0 radical (unpaired) electrons. The minimum atomic E-state index is -0.386. The first kappa shape index (κ1) is 16.0. The maximum absolute atomic E-state index is 12.9. The number of hydrogen-bond acceptors (Lipinski definition) is 2. The zero-order valence-electron chi connectivity index (χ0n) is 13.3. The number of rotatable bonds is 5. The highest BCUT2D eigenvalue weighted by Gasteiger charge is 2.45. The van der Waals surface area contributed by atoms with Crippen LogP contribution in [0, 0.1) is 0 Å². The van der Waals surface area contributed by atoms with Gasteiger partial charge in [0, 0.05) is 29.4 Å². The van der Waals surface area contributed by atoms with E-state index in [0.29, 0.717) is 5.02 Å². The van der Waals surface area contributed by atoms with Crippen LogP contribution in [-0.4, -0.2) is 16.9 Å². The first-order valence-corrected chi connectivity index (χ1v) is 8.45. The lowest BCUT2D eigenvalue weighted by molar-refractivity contribution is -0.130. The summed E-state index contributed by atoms with van der Waals surface area (Å²) < 4.78 is 0. The van der Waals surface area contributed by atoms with E-state index in [1.807, 2.05) is 49.4 Å². The topological polar surface area (TPSA) is 42.0 Å². The van der Waals surface area contributed by atoms with Crippen LogP contribution in [0.1, 0.15) is 37.4 Å². The zero-order valence-corrected chi connectivity index (χ0v) is 14.0. The monoisotopic (exact) mass is 328 g/mol. The molecule has 0 bridgehead atoms. The molecule has 0 aliphatic heterocycles. The largest absolute Gasteiger partial charge is 0.352 e. The van der Waals surface area contributed by atoms with Gasteiger partial charge >= 0.3 is 0 Å². The second-order valence-corrected chi connectivity index (χ2v) is 6.78. The minimum Gasteiger partial charge on any atom is -0.352 e. The van der Waals surface area contributed by atoms with Crippen LogP contribution < -0.4 is 5.32 Å². The van der Waals surface area contributed by atoms with Crippen molar-refractivity contribution in [3.8, 4) is 0 Å². The normalized spacial score (nSPS) is 17.1. The van der Waals surface area contributed by atoms with E-state index in [1.165, 1.54) is 0 Å². The molecule has 1 aliphatic rings. The summed E-state index contributed by atoms with van der Waals surface area (Å²) in [4.78, 5) is 17.2. The standard InChI is InChI=1S/C19H21ClN2O/c1-14(13-17-5-2-3-12-21-17)22-18(23)19(10-4-11-19)15-6-8-16(20)9-7-15/h2-3,5-9,12,14H,4,10-11,13H2,1H3,(H,22,23)/t14-/m0/s1. The van der Waals surface area contributed by atoms with Gasteiger partial charge in [-0.3, -0.25) is 9.78 Å². The Labute approximate surface area is 142 Å². The molecule has 1 saturated carbocycles. The molecule has 0 saturated heterocycles. The van der Waals surface area contributed by atoms with Crippen LogP contribution in [0.3, 0.4) is 0 Å². The van der Waals surface area contributed by atoms with Crippen LogP contribution in [-0.2, 0) is 16.6 Å². The lowest BCUT2D eigenvalue weighted by Crippen LogP contribution is -2.51. The lowest BCUT2D eigenvalue weighted by atomic mass is 9.63. The molecule has 1 heterocycles. The van der Waals surface area contributed by atoms with E-state index in [4.69, 9.17) is 11.6 Å². The van der Waals surface area contributed by atoms with Gasteiger partial charge < -0.3 is 5.32 Å². The van der Waals surface area contributed by atoms with Gasteiger partial charge in [0.15, 0.2) is 0 Å². The van der Waals surface area contributed by atoms with Crippen molar-refractivity contribution >= 4 is 17.5 Å². The minimum absolute atomic E-state index is 0.0576. The fourth-order valence-electron chi connectivity index (χ4n) is 3.19. The van der Waals surface area contributed by atoms with E-state index in [-0.39, 0.29) is 17.4 Å². The smallest absolute Gasteiger partial charge is 0.230 e. The Balaban J connectivity index is 1.69. The van der Waals surface area contributed by atoms with Gasteiger partial charge in [-0.1, -0.05) is 36.2 Å². The zero-order chi connectivity index (χ0) is 16.3. The predicted octanol–water partition coefficient (Wildman–Crippen LogP) is 3.90. The Morgan fingerprint density at radius 3 is 2.57 bits per heavy atom. The first-order valence-electron chi connectivity index (χ1n) is 8.07. The molecular formula is C19H21ClN2O. The van der Waals surface area contributed by atoms with Gasteiger partial charge in [0.25, 0.3) is 0 Å². The molecule has 1 aliphatic carbocycles. The number of amides is 1. The number of hydrogen-bond donors (Lipinski definition) is 1. The molecular weight excluding hydrogens is 308 g/mol. The van der Waals surface area contributed by atoms with Crippen molar-refractivity contribution < 1.29 is 4.79 Å². The summed E-state index contributed by atoms with van der Waals surface area (Å²) in [6.45, 7) is 2.03. The van der Waals surface area contributed by atoms with Crippen molar-refractivity contribution in [3.05, 3.63) is 64.9 Å². The third-order valence-electron chi connectivity index (χ3n) is 4.66. The molecule has 120 valence electrons. The van der Waals surface area contributed by atoms with Crippen molar-refractivity contribution in [3.63, 3.8) is 0 Å². The van der Waals surface area contributed by atoms with Gasteiger partial charge in [-0.2, -0.15) is 0 Å². The summed E-state index contributed by atoms with van der Waals surface area (Å²) >= 11 is 5.97. The summed E-state index contributed by atoms with van der Waals surface area (Å²) in [7, 11) is 0. The quantitative estimate of drug-likeness (QED) is 0.904. The molecule has 0 spiro atoms. The van der Waals surface area contributed by atoms with E-state index in [0.717, 1.165) is 36.9 Å². The Morgan fingerprint density at radius 2 is 2.00 bits per heavy atom. The Bertz CT molecular complexity index is 666. The number of halogens is 1. The first-order chi connectivity index (χ1) is 11.1. The van der Waals surface area contributed by atoms with E-state index in [1.54, 1.807) is 6.20 Å². The van der Waals surface area contributed by atoms with Crippen molar-refractivity contribution in [2.75, 3.05) is 0 Å². The van der Waals surface area contributed by atoms with Crippen LogP contribution in [0.4, 0.5) is 0 Å². The molecule has 1 fully saturated rings. The van der Waals surface area contributed by atoms with E-state index < -0.39 is 0 Å². The highest BCUT2D eigenvalue weighted by molar-refractivity contribution is 6.30. The number of carbonyl (C=O) groups excluding carboxylic acids is 1. The van der Waals surface area contributed by atoms with Gasteiger partial charge in [0.1, 0.15) is 0 Å².